The number of rotatable bonds is 6. The van der Waals surface area contributed by atoms with Crippen molar-refractivity contribution in [3.05, 3.63) is 36.3 Å². The van der Waals surface area contributed by atoms with Crippen molar-refractivity contribution >= 4 is 11.7 Å². The van der Waals surface area contributed by atoms with Crippen molar-refractivity contribution in [3.63, 3.8) is 0 Å². The van der Waals surface area contributed by atoms with E-state index in [0.717, 1.165) is 30.6 Å². The van der Waals surface area contributed by atoms with Gasteiger partial charge >= 0.3 is 0 Å². The van der Waals surface area contributed by atoms with Gasteiger partial charge in [-0.25, -0.2) is 4.99 Å². The maximum atomic E-state index is 6.50. The third-order valence-electron chi connectivity index (χ3n) is 6.51. The molecule has 2 saturated heterocycles. The number of aromatic nitrogens is 2. The number of nitrogens with two attached hydrogens (primary N) is 1. The predicted molar refractivity (Wildman–Crippen MR) is 111 cm³/mol. The molecular weight excluding hydrogens is 336 g/mol. The lowest BCUT2D eigenvalue weighted by Gasteiger charge is -2.62. The number of fused-ring (bicyclic) bond motifs is 2. The predicted octanol–water partition coefficient (Wildman–Crippen LogP) is 3.59. The van der Waals surface area contributed by atoms with Gasteiger partial charge in [0.2, 0.25) is 0 Å². The summed E-state index contributed by atoms with van der Waals surface area (Å²) < 4.78 is 0. The van der Waals surface area contributed by atoms with Crippen LogP contribution in [0.3, 0.4) is 0 Å². The summed E-state index contributed by atoms with van der Waals surface area (Å²) in [6, 6.07) is 2.08. The van der Waals surface area contributed by atoms with Crippen molar-refractivity contribution < 1.29 is 0 Å². The van der Waals surface area contributed by atoms with Crippen LogP contribution in [0.2, 0.25) is 0 Å². The number of amidine groups is 1. The first-order valence-electron chi connectivity index (χ1n) is 10.1. The first kappa shape index (κ1) is 18.3. The molecule has 0 atom stereocenters. The molecule has 1 aromatic rings. The van der Waals surface area contributed by atoms with E-state index >= 15 is 0 Å². The van der Waals surface area contributed by atoms with E-state index in [4.69, 9.17) is 10.7 Å². The SMILES string of the molecule is C=C(/N=C(\C=C/C)Nc1cc(C2CC2)[nH]n1)N1CC2CC(C(C)(C)N)(C2)C1. The molecule has 2 aliphatic carbocycles. The van der Waals surface area contributed by atoms with Gasteiger partial charge in [-0.15, -0.1) is 0 Å². The molecule has 0 spiro atoms. The maximum Gasteiger partial charge on any atom is 0.153 e. The summed E-state index contributed by atoms with van der Waals surface area (Å²) in [6.45, 7) is 12.5. The van der Waals surface area contributed by atoms with Gasteiger partial charge in [-0.1, -0.05) is 12.7 Å². The Hall–Kier alpha value is -2.08. The fourth-order valence-corrected chi connectivity index (χ4v) is 4.58. The van der Waals surface area contributed by atoms with Crippen LogP contribution in [0, 0.1) is 11.3 Å². The van der Waals surface area contributed by atoms with E-state index in [1.807, 2.05) is 19.1 Å². The van der Waals surface area contributed by atoms with Crippen LogP contribution in [0.5, 0.6) is 0 Å². The average molecular weight is 369 g/mol. The van der Waals surface area contributed by atoms with Gasteiger partial charge in [-0.3, -0.25) is 5.10 Å². The molecule has 146 valence electrons. The number of anilines is 1. The Morgan fingerprint density at radius 2 is 2.22 bits per heavy atom. The third-order valence-corrected chi connectivity index (χ3v) is 6.51. The molecule has 0 amide bonds. The summed E-state index contributed by atoms with van der Waals surface area (Å²) in [6.07, 6.45) is 8.89. The number of hydrogen-bond acceptors (Lipinski definition) is 4. The Bertz CT molecular complexity index is 771. The zero-order valence-electron chi connectivity index (χ0n) is 16.8. The van der Waals surface area contributed by atoms with Crippen LogP contribution < -0.4 is 11.1 Å². The van der Waals surface area contributed by atoms with Gasteiger partial charge < -0.3 is 16.0 Å². The molecule has 4 aliphatic rings. The standard InChI is InChI=1S/C21H32N6/c1-5-6-18(24-19-9-17(25-26-19)16-7-8-16)23-14(2)27-12-15-10-21(11-15,13-27)20(3,4)22/h5-6,9,15-16H,2,7-8,10-13,22H2,1,3-4H3,(H2,23,24,25,26)/b6-5-. The molecule has 2 aliphatic heterocycles. The molecule has 2 saturated carbocycles. The Morgan fingerprint density at radius 3 is 2.85 bits per heavy atom. The molecule has 6 heteroatoms. The summed E-state index contributed by atoms with van der Waals surface area (Å²) in [5.74, 6) is 3.73. The van der Waals surface area contributed by atoms with E-state index in [1.54, 1.807) is 0 Å². The van der Waals surface area contributed by atoms with Gasteiger partial charge in [0, 0.05) is 41.7 Å². The zero-order chi connectivity index (χ0) is 19.2. The summed E-state index contributed by atoms with van der Waals surface area (Å²) in [5.41, 5.74) is 7.72. The first-order valence-corrected chi connectivity index (χ1v) is 10.1. The van der Waals surface area contributed by atoms with Crippen LogP contribution in [-0.4, -0.2) is 39.6 Å². The van der Waals surface area contributed by atoms with Crippen LogP contribution in [0.4, 0.5) is 5.82 Å². The molecule has 6 nitrogen and oxygen atoms in total. The molecule has 0 unspecified atom stereocenters. The summed E-state index contributed by atoms with van der Waals surface area (Å²) in [7, 11) is 0. The van der Waals surface area contributed by atoms with Gasteiger partial charge in [0.25, 0.3) is 0 Å². The van der Waals surface area contributed by atoms with Gasteiger partial charge in [0.15, 0.2) is 5.82 Å². The lowest BCUT2D eigenvalue weighted by atomic mass is 9.51. The lowest BCUT2D eigenvalue weighted by molar-refractivity contribution is -0.0905. The largest absolute Gasteiger partial charge is 0.356 e. The van der Waals surface area contributed by atoms with Crippen molar-refractivity contribution in [3.8, 4) is 0 Å². The second kappa shape index (κ2) is 6.51. The molecule has 1 aromatic heterocycles. The third kappa shape index (κ3) is 3.55. The number of hydrogen-bond donors (Lipinski definition) is 3. The van der Waals surface area contributed by atoms with Gasteiger partial charge in [0.1, 0.15) is 11.7 Å². The van der Waals surface area contributed by atoms with Crippen LogP contribution in [0.25, 0.3) is 0 Å². The Balaban J connectivity index is 1.46. The fraction of sp³-hybridized carbons (Fsp3) is 0.619. The maximum absolute atomic E-state index is 6.50. The van der Waals surface area contributed by atoms with Crippen molar-refractivity contribution in [2.75, 3.05) is 18.4 Å². The van der Waals surface area contributed by atoms with Crippen LogP contribution in [-0.2, 0) is 0 Å². The monoisotopic (exact) mass is 368 g/mol. The average Bonchev–Trinajstić information content (AvgIpc) is 3.33. The van der Waals surface area contributed by atoms with E-state index in [0.29, 0.717) is 11.8 Å². The van der Waals surface area contributed by atoms with E-state index in [-0.39, 0.29) is 11.0 Å². The highest BCUT2D eigenvalue weighted by molar-refractivity contribution is 6.03. The van der Waals surface area contributed by atoms with Gasteiger partial charge in [-0.2, -0.15) is 5.10 Å². The highest BCUT2D eigenvalue weighted by Crippen LogP contribution is 2.56. The number of aromatic amines is 1. The molecule has 5 rings (SSSR count). The van der Waals surface area contributed by atoms with Crippen LogP contribution in [0.1, 0.15) is 58.1 Å². The number of H-pyrrole nitrogens is 1. The number of nitrogens with zero attached hydrogens (tertiary/aromatic N) is 3. The van der Waals surface area contributed by atoms with E-state index in [9.17, 15) is 0 Å². The molecule has 0 aromatic carbocycles. The molecule has 3 heterocycles. The van der Waals surface area contributed by atoms with Gasteiger partial charge in [0.05, 0.1) is 0 Å². The zero-order valence-corrected chi connectivity index (χ0v) is 16.8. The normalized spacial score (nSPS) is 28.4. The Morgan fingerprint density at radius 1 is 1.48 bits per heavy atom. The van der Waals surface area contributed by atoms with Crippen LogP contribution >= 0.6 is 0 Å². The molecule has 0 radical (unpaired) electrons. The molecule has 4 fully saturated rings. The number of allylic oxidation sites excluding steroid dienone is 1. The second-order valence-corrected chi connectivity index (χ2v) is 9.18. The minimum atomic E-state index is -0.176. The topological polar surface area (TPSA) is 82.3 Å². The number of aliphatic imine (C=N–C) groups is 1. The molecular formula is C21H32N6. The number of piperidine rings is 2. The highest BCUT2D eigenvalue weighted by atomic mass is 15.3. The molecule has 27 heavy (non-hydrogen) atoms. The van der Waals surface area contributed by atoms with E-state index < -0.39 is 0 Å². The van der Waals surface area contributed by atoms with Gasteiger partial charge in [-0.05, 0) is 58.4 Å². The Labute approximate surface area is 162 Å². The minimum Gasteiger partial charge on any atom is -0.356 e. The van der Waals surface area contributed by atoms with Crippen molar-refractivity contribution in [2.45, 2.75) is 57.9 Å². The summed E-state index contributed by atoms with van der Waals surface area (Å²) >= 11 is 0. The highest BCUT2D eigenvalue weighted by Gasteiger charge is 2.56. The second-order valence-electron chi connectivity index (χ2n) is 9.18. The summed E-state index contributed by atoms with van der Waals surface area (Å²) in [5, 5.41) is 10.8. The Kier molecular flexibility index (Phi) is 4.41. The fourth-order valence-electron chi connectivity index (χ4n) is 4.58. The van der Waals surface area contributed by atoms with Crippen molar-refractivity contribution in [2.24, 2.45) is 22.1 Å². The first-order chi connectivity index (χ1) is 12.8. The summed E-state index contributed by atoms with van der Waals surface area (Å²) in [4.78, 5) is 7.08. The minimum absolute atomic E-state index is 0.176. The van der Waals surface area contributed by atoms with E-state index in [2.05, 4.69) is 46.9 Å². The van der Waals surface area contributed by atoms with Crippen LogP contribution in [0.15, 0.2) is 35.6 Å². The number of nitrogens with one attached hydrogen (secondary N) is 2. The quantitative estimate of drug-likeness (QED) is 0.529. The van der Waals surface area contributed by atoms with Crippen molar-refractivity contribution in [1.29, 1.82) is 0 Å². The smallest absolute Gasteiger partial charge is 0.153 e. The van der Waals surface area contributed by atoms with Crippen molar-refractivity contribution in [1.82, 2.24) is 15.1 Å². The van der Waals surface area contributed by atoms with E-state index in [1.165, 1.54) is 31.4 Å². The molecule has 2 bridgehead atoms. The molecule has 4 N–H and O–H groups in total. The lowest BCUT2D eigenvalue weighted by Crippen LogP contribution is -2.67.